The molecule has 1 fully saturated rings. The van der Waals surface area contributed by atoms with Gasteiger partial charge in [0.1, 0.15) is 0 Å². The smallest absolute Gasteiger partial charge is 0.257 e. The van der Waals surface area contributed by atoms with Gasteiger partial charge in [-0.05, 0) is 73.6 Å². The van der Waals surface area contributed by atoms with Gasteiger partial charge in [-0.2, -0.15) is 0 Å². The molecule has 0 radical (unpaired) electrons. The van der Waals surface area contributed by atoms with E-state index in [2.05, 4.69) is 15.5 Å². The minimum absolute atomic E-state index is 0.0573. The molecule has 0 spiro atoms. The highest BCUT2D eigenvalue weighted by molar-refractivity contribution is 7.80. The van der Waals surface area contributed by atoms with Crippen LogP contribution in [0.2, 0.25) is 0 Å². The third-order valence-corrected chi connectivity index (χ3v) is 6.28. The summed E-state index contributed by atoms with van der Waals surface area (Å²) in [5.74, 6) is -0.187. The number of para-hydroxylation sites is 2. The standard InChI is InChI=1S/C27H28N4O2S/c1-19-12-13-22(18-20(19)2)25(32)29-27(34)28-23-10-6-7-11-24(23)30-14-16-31(17-15-30)26(33)21-8-4-3-5-9-21/h3-13,18H,14-17H2,1-2H3,(H2,28,29,32,34). The van der Waals surface area contributed by atoms with Crippen molar-refractivity contribution < 1.29 is 9.59 Å². The predicted molar refractivity (Wildman–Crippen MR) is 141 cm³/mol. The van der Waals surface area contributed by atoms with Crippen molar-refractivity contribution in [2.45, 2.75) is 13.8 Å². The van der Waals surface area contributed by atoms with Crippen LogP contribution in [0.25, 0.3) is 0 Å². The summed E-state index contributed by atoms with van der Waals surface area (Å²) in [5.41, 5.74) is 5.27. The van der Waals surface area contributed by atoms with Crippen LogP contribution in [-0.2, 0) is 0 Å². The van der Waals surface area contributed by atoms with Gasteiger partial charge in [0.15, 0.2) is 5.11 Å². The van der Waals surface area contributed by atoms with E-state index in [-0.39, 0.29) is 16.9 Å². The summed E-state index contributed by atoms with van der Waals surface area (Å²) >= 11 is 5.42. The van der Waals surface area contributed by atoms with Crippen molar-refractivity contribution in [2.75, 3.05) is 36.4 Å². The second-order valence-electron chi connectivity index (χ2n) is 8.37. The van der Waals surface area contributed by atoms with Crippen molar-refractivity contribution in [3.8, 4) is 0 Å². The molecule has 2 amide bonds. The van der Waals surface area contributed by atoms with Crippen molar-refractivity contribution in [1.82, 2.24) is 10.2 Å². The fraction of sp³-hybridized carbons (Fsp3) is 0.222. The predicted octanol–water partition coefficient (Wildman–Crippen LogP) is 4.39. The summed E-state index contributed by atoms with van der Waals surface area (Å²) in [5, 5.41) is 6.19. The molecule has 7 heteroatoms. The lowest BCUT2D eigenvalue weighted by Crippen LogP contribution is -2.49. The average Bonchev–Trinajstić information content (AvgIpc) is 2.86. The summed E-state index contributed by atoms with van der Waals surface area (Å²) in [6, 6.07) is 22.8. The monoisotopic (exact) mass is 472 g/mol. The quantitative estimate of drug-likeness (QED) is 0.552. The van der Waals surface area contributed by atoms with Crippen molar-refractivity contribution in [3.63, 3.8) is 0 Å². The number of carbonyl (C=O) groups excluding carboxylic acids is 2. The number of amides is 2. The van der Waals surface area contributed by atoms with Crippen LogP contribution >= 0.6 is 12.2 Å². The highest BCUT2D eigenvalue weighted by Gasteiger charge is 2.23. The van der Waals surface area contributed by atoms with E-state index in [1.807, 2.05) is 85.5 Å². The van der Waals surface area contributed by atoms with Crippen LogP contribution in [-0.4, -0.2) is 48.0 Å². The fourth-order valence-electron chi connectivity index (χ4n) is 3.98. The van der Waals surface area contributed by atoms with Crippen LogP contribution in [0.5, 0.6) is 0 Å². The van der Waals surface area contributed by atoms with Gasteiger partial charge in [0.2, 0.25) is 0 Å². The molecule has 0 atom stereocenters. The Morgan fingerprint density at radius 2 is 1.47 bits per heavy atom. The van der Waals surface area contributed by atoms with E-state index in [9.17, 15) is 9.59 Å². The number of hydrogen-bond acceptors (Lipinski definition) is 4. The molecule has 3 aromatic rings. The third kappa shape index (κ3) is 5.43. The van der Waals surface area contributed by atoms with Gasteiger partial charge in [0, 0.05) is 37.3 Å². The van der Waals surface area contributed by atoms with Crippen LogP contribution in [0.15, 0.2) is 72.8 Å². The number of thiocarbonyl (C=S) groups is 1. The minimum atomic E-state index is -0.244. The number of piperazine rings is 1. The first-order valence-corrected chi connectivity index (χ1v) is 11.7. The number of carbonyl (C=O) groups is 2. The molecular weight excluding hydrogens is 444 g/mol. The van der Waals surface area contributed by atoms with Crippen molar-refractivity contribution >= 4 is 40.5 Å². The lowest BCUT2D eigenvalue weighted by atomic mass is 10.1. The Kier molecular flexibility index (Phi) is 7.23. The van der Waals surface area contributed by atoms with Crippen LogP contribution < -0.4 is 15.5 Å². The molecule has 1 aliphatic rings. The molecule has 1 saturated heterocycles. The molecule has 0 bridgehead atoms. The molecule has 2 N–H and O–H groups in total. The molecule has 174 valence electrons. The van der Waals surface area contributed by atoms with Gasteiger partial charge < -0.3 is 15.1 Å². The van der Waals surface area contributed by atoms with Gasteiger partial charge in [-0.1, -0.05) is 36.4 Å². The Labute approximate surface area is 205 Å². The summed E-state index contributed by atoms with van der Waals surface area (Å²) in [6.07, 6.45) is 0. The molecule has 6 nitrogen and oxygen atoms in total. The van der Waals surface area contributed by atoms with Gasteiger partial charge in [0.25, 0.3) is 11.8 Å². The number of benzene rings is 3. The maximum Gasteiger partial charge on any atom is 0.257 e. The van der Waals surface area contributed by atoms with Crippen LogP contribution in [0, 0.1) is 13.8 Å². The second-order valence-corrected chi connectivity index (χ2v) is 8.78. The number of aryl methyl sites for hydroxylation is 2. The molecule has 4 rings (SSSR count). The summed E-state index contributed by atoms with van der Waals surface area (Å²) in [7, 11) is 0. The van der Waals surface area contributed by atoms with E-state index in [1.54, 1.807) is 6.07 Å². The van der Waals surface area contributed by atoms with E-state index < -0.39 is 0 Å². The zero-order chi connectivity index (χ0) is 24.1. The molecule has 3 aromatic carbocycles. The summed E-state index contributed by atoms with van der Waals surface area (Å²) in [6.45, 7) is 6.67. The van der Waals surface area contributed by atoms with E-state index >= 15 is 0 Å². The van der Waals surface area contributed by atoms with E-state index in [0.29, 0.717) is 37.3 Å². The number of nitrogens with zero attached hydrogens (tertiary/aromatic N) is 2. The fourth-order valence-corrected chi connectivity index (χ4v) is 4.18. The number of rotatable bonds is 4. The Bertz CT molecular complexity index is 1200. The van der Waals surface area contributed by atoms with Crippen molar-refractivity contribution in [2.24, 2.45) is 0 Å². The number of nitrogens with one attached hydrogen (secondary N) is 2. The molecule has 0 aromatic heterocycles. The molecule has 0 aliphatic carbocycles. The maximum atomic E-state index is 12.8. The SMILES string of the molecule is Cc1ccc(C(=O)NC(=S)Nc2ccccc2N2CCN(C(=O)c3ccccc3)CC2)cc1C. The van der Waals surface area contributed by atoms with Gasteiger partial charge in [-0.15, -0.1) is 0 Å². The van der Waals surface area contributed by atoms with Gasteiger partial charge in [-0.3, -0.25) is 14.9 Å². The summed E-state index contributed by atoms with van der Waals surface area (Å²) < 4.78 is 0. The van der Waals surface area contributed by atoms with Crippen LogP contribution in [0.1, 0.15) is 31.8 Å². The highest BCUT2D eigenvalue weighted by atomic mass is 32.1. The first-order chi connectivity index (χ1) is 16.4. The Hall–Kier alpha value is -3.71. The minimum Gasteiger partial charge on any atom is -0.366 e. The number of anilines is 2. The lowest BCUT2D eigenvalue weighted by Gasteiger charge is -2.37. The molecule has 0 unspecified atom stereocenters. The molecule has 34 heavy (non-hydrogen) atoms. The van der Waals surface area contributed by atoms with E-state index in [4.69, 9.17) is 12.2 Å². The van der Waals surface area contributed by atoms with Crippen LogP contribution in [0.3, 0.4) is 0 Å². The first-order valence-electron chi connectivity index (χ1n) is 11.3. The van der Waals surface area contributed by atoms with Gasteiger partial charge in [0.05, 0.1) is 11.4 Å². The lowest BCUT2D eigenvalue weighted by molar-refractivity contribution is 0.0746. The average molecular weight is 473 g/mol. The topological polar surface area (TPSA) is 64.7 Å². The van der Waals surface area contributed by atoms with Gasteiger partial charge >= 0.3 is 0 Å². The Morgan fingerprint density at radius 1 is 0.794 bits per heavy atom. The normalized spacial score (nSPS) is 13.4. The Balaban J connectivity index is 1.38. The summed E-state index contributed by atoms with van der Waals surface area (Å²) in [4.78, 5) is 29.5. The molecule has 0 saturated carbocycles. The van der Waals surface area contributed by atoms with Gasteiger partial charge in [-0.25, -0.2) is 0 Å². The maximum absolute atomic E-state index is 12.8. The van der Waals surface area contributed by atoms with Crippen LogP contribution in [0.4, 0.5) is 11.4 Å². The zero-order valence-corrected chi connectivity index (χ0v) is 20.2. The molecule has 1 heterocycles. The zero-order valence-electron chi connectivity index (χ0n) is 19.4. The van der Waals surface area contributed by atoms with Crippen molar-refractivity contribution in [1.29, 1.82) is 0 Å². The largest absolute Gasteiger partial charge is 0.366 e. The highest BCUT2D eigenvalue weighted by Crippen LogP contribution is 2.27. The molecular formula is C27H28N4O2S. The Morgan fingerprint density at radius 3 is 2.18 bits per heavy atom. The second kappa shape index (κ2) is 10.5. The first kappa shape index (κ1) is 23.4. The van der Waals surface area contributed by atoms with Crippen molar-refractivity contribution in [3.05, 3.63) is 95.1 Å². The third-order valence-electron chi connectivity index (χ3n) is 6.08. The van der Waals surface area contributed by atoms with E-state index in [1.165, 1.54) is 0 Å². The number of hydrogen-bond donors (Lipinski definition) is 2. The molecule has 1 aliphatic heterocycles. The van der Waals surface area contributed by atoms with E-state index in [0.717, 1.165) is 22.5 Å².